The number of sulfonamides is 1. The van der Waals surface area contributed by atoms with Gasteiger partial charge in [0.15, 0.2) is 0 Å². The van der Waals surface area contributed by atoms with Crippen molar-refractivity contribution in [1.29, 1.82) is 0 Å². The maximum atomic E-state index is 12.0. The standard InChI is InChI=1S/C16H25N3O4S/c1-5-6-11-19(4)15(20)12-17-16(21)13-7-9-14(10-8-13)24(22,23)18(2)3/h7-10H,5-6,11-12H2,1-4H3,(H,17,21). The van der Waals surface area contributed by atoms with Crippen molar-refractivity contribution in [3.63, 3.8) is 0 Å². The smallest absolute Gasteiger partial charge is 0.251 e. The fraction of sp³-hybridized carbons (Fsp3) is 0.500. The number of nitrogens with one attached hydrogen (secondary N) is 1. The van der Waals surface area contributed by atoms with E-state index in [0.29, 0.717) is 12.1 Å². The quantitative estimate of drug-likeness (QED) is 0.751. The normalized spacial score (nSPS) is 11.4. The van der Waals surface area contributed by atoms with Crippen molar-refractivity contribution in [3.05, 3.63) is 29.8 Å². The summed E-state index contributed by atoms with van der Waals surface area (Å²) >= 11 is 0. The molecule has 0 saturated carbocycles. The van der Waals surface area contributed by atoms with Gasteiger partial charge in [-0.15, -0.1) is 0 Å². The van der Waals surface area contributed by atoms with Gasteiger partial charge in [0.25, 0.3) is 5.91 Å². The molecule has 0 heterocycles. The van der Waals surface area contributed by atoms with Gasteiger partial charge in [0.2, 0.25) is 15.9 Å². The number of carbonyl (C=O) groups is 2. The minimum atomic E-state index is -3.52. The average molecular weight is 355 g/mol. The summed E-state index contributed by atoms with van der Waals surface area (Å²) in [7, 11) is 1.06. The van der Waals surface area contributed by atoms with Crippen molar-refractivity contribution in [2.24, 2.45) is 0 Å². The van der Waals surface area contributed by atoms with Gasteiger partial charge in [0.05, 0.1) is 11.4 Å². The zero-order valence-electron chi connectivity index (χ0n) is 14.6. The summed E-state index contributed by atoms with van der Waals surface area (Å²) in [5, 5.41) is 2.55. The lowest BCUT2D eigenvalue weighted by Crippen LogP contribution is -2.38. The fourth-order valence-corrected chi connectivity index (χ4v) is 2.80. The third-order valence-corrected chi connectivity index (χ3v) is 5.40. The molecule has 2 amide bonds. The Kier molecular flexibility index (Phi) is 7.37. The second kappa shape index (κ2) is 8.79. The molecular formula is C16H25N3O4S. The Morgan fingerprint density at radius 3 is 2.17 bits per heavy atom. The Morgan fingerprint density at radius 2 is 1.67 bits per heavy atom. The number of carbonyl (C=O) groups excluding carboxylic acids is 2. The van der Waals surface area contributed by atoms with Crippen LogP contribution in [-0.4, -0.2) is 63.7 Å². The Morgan fingerprint density at radius 1 is 1.08 bits per heavy atom. The van der Waals surface area contributed by atoms with Crippen LogP contribution in [0.25, 0.3) is 0 Å². The molecule has 1 aromatic carbocycles. The number of amides is 2. The number of hydrogen-bond donors (Lipinski definition) is 1. The van der Waals surface area contributed by atoms with E-state index in [-0.39, 0.29) is 17.3 Å². The monoisotopic (exact) mass is 355 g/mol. The predicted octanol–water partition coefficient (Wildman–Crippen LogP) is 0.925. The molecule has 0 saturated heterocycles. The zero-order chi connectivity index (χ0) is 18.3. The third kappa shape index (κ3) is 5.31. The Hall–Kier alpha value is -1.93. The van der Waals surface area contributed by atoms with Crippen molar-refractivity contribution in [3.8, 4) is 0 Å². The van der Waals surface area contributed by atoms with E-state index in [2.05, 4.69) is 5.32 Å². The molecule has 0 bridgehead atoms. The lowest BCUT2D eigenvalue weighted by molar-refractivity contribution is -0.128. The molecule has 0 radical (unpaired) electrons. The van der Waals surface area contributed by atoms with Crippen molar-refractivity contribution in [1.82, 2.24) is 14.5 Å². The SMILES string of the molecule is CCCCN(C)C(=O)CNC(=O)c1ccc(S(=O)(=O)N(C)C)cc1. The van der Waals surface area contributed by atoms with Gasteiger partial charge < -0.3 is 10.2 Å². The highest BCUT2D eigenvalue weighted by atomic mass is 32.2. The van der Waals surface area contributed by atoms with Crippen LogP contribution in [0.3, 0.4) is 0 Å². The Bertz CT molecular complexity index is 669. The molecule has 1 aromatic rings. The van der Waals surface area contributed by atoms with Gasteiger partial charge in [-0.2, -0.15) is 0 Å². The van der Waals surface area contributed by atoms with Crippen molar-refractivity contribution in [2.45, 2.75) is 24.7 Å². The molecule has 24 heavy (non-hydrogen) atoms. The van der Waals surface area contributed by atoms with Crippen LogP contribution in [-0.2, 0) is 14.8 Å². The van der Waals surface area contributed by atoms with Crippen LogP contribution in [0.1, 0.15) is 30.1 Å². The average Bonchev–Trinajstić information content (AvgIpc) is 2.56. The molecule has 0 unspecified atom stereocenters. The summed E-state index contributed by atoms with van der Waals surface area (Å²) in [6.07, 6.45) is 1.91. The molecule has 1 N–H and O–H groups in total. The van der Waals surface area contributed by atoms with Crippen LogP contribution in [0, 0.1) is 0 Å². The van der Waals surface area contributed by atoms with E-state index < -0.39 is 15.9 Å². The van der Waals surface area contributed by atoms with E-state index in [9.17, 15) is 18.0 Å². The van der Waals surface area contributed by atoms with Gasteiger partial charge in [-0.1, -0.05) is 13.3 Å². The van der Waals surface area contributed by atoms with Crippen molar-refractivity contribution in [2.75, 3.05) is 34.2 Å². The number of rotatable bonds is 8. The molecule has 0 aliphatic carbocycles. The van der Waals surface area contributed by atoms with Gasteiger partial charge in [-0.3, -0.25) is 9.59 Å². The highest BCUT2D eigenvalue weighted by Crippen LogP contribution is 2.13. The van der Waals surface area contributed by atoms with Gasteiger partial charge in [0, 0.05) is 33.3 Å². The maximum Gasteiger partial charge on any atom is 0.251 e. The highest BCUT2D eigenvalue weighted by molar-refractivity contribution is 7.89. The summed E-state index contributed by atoms with van der Waals surface area (Å²) < 4.78 is 25.0. The van der Waals surface area contributed by atoms with Crippen LogP contribution in [0.15, 0.2) is 29.2 Å². The van der Waals surface area contributed by atoms with E-state index >= 15 is 0 Å². The van der Waals surface area contributed by atoms with E-state index in [4.69, 9.17) is 0 Å². The molecule has 0 spiro atoms. The summed E-state index contributed by atoms with van der Waals surface area (Å²) in [5.41, 5.74) is 0.303. The topological polar surface area (TPSA) is 86.8 Å². The minimum absolute atomic E-state index is 0.0865. The van der Waals surface area contributed by atoms with Crippen LogP contribution in [0.5, 0.6) is 0 Å². The second-order valence-electron chi connectivity index (χ2n) is 5.66. The van der Waals surface area contributed by atoms with Crippen LogP contribution in [0.4, 0.5) is 0 Å². The fourth-order valence-electron chi connectivity index (χ4n) is 1.90. The van der Waals surface area contributed by atoms with E-state index in [1.165, 1.54) is 38.4 Å². The maximum absolute atomic E-state index is 12.0. The van der Waals surface area contributed by atoms with Crippen molar-refractivity contribution < 1.29 is 18.0 Å². The van der Waals surface area contributed by atoms with Crippen LogP contribution < -0.4 is 5.32 Å². The Labute approximate surface area is 143 Å². The number of hydrogen-bond acceptors (Lipinski definition) is 4. The summed E-state index contributed by atoms with van der Waals surface area (Å²) in [6, 6.07) is 5.60. The van der Waals surface area contributed by atoms with Crippen molar-refractivity contribution >= 4 is 21.8 Å². The van der Waals surface area contributed by atoms with Gasteiger partial charge >= 0.3 is 0 Å². The molecule has 0 aromatic heterocycles. The minimum Gasteiger partial charge on any atom is -0.344 e. The van der Waals surface area contributed by atoms with Crippen LogP contribution >= 0.6 is 0 Å². The largest absolute Gasteiger partial charge is 0.344 e. The highest BCUT2D eigenvalue weighted by Gasteiger charge is 2.18. The summed E-state index contributed by atoms with van der Waals surface area (Å²) in [6.45, 7) is 2.61. The number of unbranched alkanes of at least 4 members (excludes halogenated alkanes) is 1. The second-order valence-corrected chi connectivity index (χ2v) is 7.82. The summed E-state index contributed by atoms with van der Waals surface area (Å²) in [5.74, 6) is -0.579. The molecule has 0 fully saturated rings. The molecule has 1 rings (SSSR count). The van der Waals surface area contributed by atoms with E-state index in [0.717, 1.165) is 17.1 Å². The lowest BCUT2D eigenvalue weighted by Gasteiger charge is -2.17. The van der Waals surface area contributed by atoms with Gasteiger partial charge in [-0.05, 0) is 30.7 Å². The lowest BCUT2D eigenvalue weighted by atomic mass is 10.2. The third-order valence-electron chi connectivity index (χ3n) is 3.57. The van der Waals surface area contributed by atoms with Gasteiger partial charge in [0.1, 0.15) is 0 Å². The molecule has 0 aliphatic heterocycles. The first-order chi connectivity index (χ1) is 11.2. The predicted molar refractivity (Wildman–Crippen MR) is 92.2 cm³/mol. The molecule has 0 atom stereocenters. The van der Waals surface area contributed by atoms with Gasteiger partial charge in [-0.25, -0.2) is 12.7 Å². The van der Waals surface area contributed by atoms with E-state index in [1.54, 1.807) is 11.9 Å². The first-order valence-corrected chi connectivity index (χ1v) is 9.19. The Balaban J connectivity index is 2.65. The first kappa shape index (κ1) is 20.1. The molecule has 0 aliphatic rings. The molecule has 134 valence electrons. The number of benzene rings is 1. The molecule has 8 heteroatoms. The molecule has 7 nitrogen and oxygen atoms in total. The first-order valence-electron chi connectivity index (χ1n) is 7.75. The molecular weight excluding hydrogens is 330 g/mol. The number of nitrogens with zero attached hydrogens (tertiary/aromatic N) is 2. The van der Waals surface area contributed by atoms with E-state index in [1.807, 2.05) is 6.92 Å². The van der Waals surface area contributed by atoms with Crippen LogP contribution in [0.2, 0.25) is 0 Å². The zero-order valence-corrected chi connectivity index (χ0v) is 15.4. The summed E-state index contributed by atoms with van der Waals surface area (Å²) in [4.78, 5) is 25.6. The number of likely N-dealkylation sites (N-methyl/N-ethyl adjacent to an activating group) is 1.